The van der Waals surface area contributed by atoms with E-state index in [-0.39, 0.29) is 12.0 Å². The summed E-state index contributed by atoms with van der Waals surface area (Å²) in [6.45, 7) is 1.09. The van der Waals surface area contributed by atoms with Gasteiger partial charge >= 0.3 is 7.12 Å². The molecular weight excluding hydrogens is 345 g/mol. The Morgan fingerprint density at radius 3 is 2.93 bits per heavy atom. The molecule has 0 spiro atoms. The second kappa shape index (κ2) is 7.88. The zero-order chi connectivity index (χ0) is 18.8. The Bertz CT molecular complexity index is 815. The van der Waals surface area contributed by atoms with E-state index >= 15 is 0 Å². The highest BCUT2D eigenvalue weighted by atomic mass is 16.5. The molecule has 3 heterocycles. The molecule has 1 saturated heterocycles. The van der Waals surface area contributed by atoms with E-state index < -0.39 is 7.12 Å². The molecule has 1 aromatic carbocycles. The number of hydrogen-bond acceptors (Lipinski definition) is 6. The van der Waals surface area contributed by atoms with E-state index in [0.717, 1.165) is 46.6 Å². The van der Waals surface area contributed by atoms with Crippen LogP contribution in [0.4, 0.5) is 0 Å². The minimum absolute atomic E-state index is 0.0354. The lowest BCUT2D eigenvalue weighted by atomic mass is 9.79. The molecule has 4 rings (SSSR count). The third-order valence-electron chi connectivity index (χ3n) is 5.32. The molecule has 0 aliphatic carbocycles. The Morgan fingerprint density at radius 2 is 2.19 bits per heavy atom. The van der Waals surface area contributed by atoms with E-state index in [9.17, 15) is 5.02 Å². The normalized spacial score (nSPS) is 21.7. The van der Waals surface area contributed by atoms with Crippen LogP contribution >= 0.6 is 0 Å². The number of fused-ring (bicyclic) bond motifs is 1. The lowest BCUT2D eigenvalue weighted by Crippen LogP contribution is -2.27. The van der Waals surface area contributed by atoms with Crippen LogP contribution < -0.4 is 9.47 Å². The summed E-state index contributed by atoms with van der Waals surface area (Å²) in [6, 6.07) is 6.15. The van der Waals surface area contributed by atoms with Gasteiger partial charge in [0.25, 0.3) is 0 Å². The molecule has 1 aromatic heterocycles. The van der Waals surface area contributed by atoms with Gasteiger partial charge in [-0.2, -0.15) is 0 Å². The third-order valence-corrected chi connectivity index (χ3v) is 5.32. The van der Waals surface area contributed by atoms with E-state index in [4.69, 9.17) is 18.9 Å². The first-order chi connectivity index (χ1) is 13.2. The van der Waals surface area contributed by atoms with Gasteiger partial charge < -0.3 is 23.9 Å². The van der Waals surface area contributed by atoms with Crippen molar-refractivity contribution in [3.63, 3.8) is 0 Å². The highest BCUT2D eigenvalue weighted by Gasteiger charge is 2.30. The maximum Gasteiger partial charge on any atom is 0.454 e. The molecule has 27 heavy (non-hydrogen) atoms. The third kappa shape index (κ3) is 3.67. The van der Waals surface area contributed by atoms with Gasteiger partial charge in [-0.3, -0.25) is 4.98 Å². The zero-order valence-corrected chi connectivity index (χ0v) is 15.7. The van der Waals surface area contributed by atoms with Crippen molar-refractivity contribution in [2.24, 2.45) is 0 Å². The summed E-state index contributed by atoms with van der Waals surface area (Å²) in [7, 11) is 2.66. The minimum Gasteiger partial charge on any atom is -0.493 e. The van der Waals surface area contributed by atoms with Crippen LogP contribution in [0.1, 0.15) is 23.5 Å². The lowest BCUT2D eigenvalue weighted by molar-refractivity contribution is 0.0656. The second-order valence-electron chi connectivity index (χ2n) is 7.08. The van der Waals surface area contributed by atoms with Crippen LogP contribution in [0.15, 0.2) is 30.6 Å². The highest BCUT2D eigenvalue weighted by Crippen LogP contribution is 2.43. The fourth-order valence-corrected chi connectivity index (χ4v) is 3.92. The van der Waals surface area contributed by atoms with Crippen LogP contribution in [-0.2, 0) is 15.8 Å². The van der Waals surface area contributed by atoms with E-state index in [1.165, 1.54) is 0 Å². The summed E-state index contributed by atoms with van der Waals surface area (Å²) in [4.78, 5) is 4.44. The average molecular weight is 369 g/mol. The van der Waals surface area contributed by atoms with E-state index in [1.807, 2.05) is 18.5 Å². The van der Waals surface area contributed by atoms with Gasteiger partial charge in [-0.25, -0.2) is 0 Å². The Kier molecular flexibility index (Phi) is 5.34. The molecule has 2 aromatic rings. The van der Waals surface area contributed by atoms with Gasteiger partial charge in [0.15, 0.2) is 11.5 Å². The fraction of sp³-hybridized carbons (Fsp3) is 0.450. The predicted octanol–water partition coefficient (Wildman–Crippen LogP) is 2.69. The van der Waals surface area contributed by atoms with Crippen molar-refractivity contribution in [3.05, 3.63) is 41.7 Å². The highest BCUT2D eigenvalue weighted by molar-refractivity contribution is 6.43. The molecular formula is C20H24BNO5. The number of nitrogens with zero attached hydrogens (tertiary/aromatic N) is 1. The number of hydrogen-bond donors (Lipinski definition) is 1. The van der Waals surface area contributed by atoms with Crippen LogP contribution in [0.25, 0.3) is 11.1 Å². The SMILES string of the molecule is COCC1CCc2c(-c3cncc([C@@H]4COB(O)C4)c3)ccc(OC)c2O1. The van der Waals surface area contributed by atoms with Gasteiger partial charge in [0.05, 0.1) is 13.7 Å². The Hall–Kier alpha value is -2.09. The van der Waals surface area contributed by atoms with Crippen molar-refractivity contribution in [1.82, 2.24) is 4.98 Å². The van der Waals surface area contributed by atoms with Crippen molar-refractivity contribution in [2.45, 2.75) is 31.2 Å². The molecule has 0 amide bonds. The molecule has 1 N–H and O–H groups in total. The largest absolute Gasteiger partial charge is 0.493 e. The molecule has 7 heteroatoms. The molecule has 142 valence electrons. The van der Waals surface area contributed by atoms with Gasteiger partial charge in [0.2, 0.25) is 0 Å². The number of ether oxygens (including phenoxy) is 3. The summed E-state index contributed by atoms with van der Waals surface area (Å²) in [6.07, 6.45) is 6.17. The first-order valence-corrected chi connectivity index (χ1v) is 9.30. The summed E-state index contributed by atoms with van der Waals surface area (Å²) in [5, 5.41) is 9.65. The molecule has 2 aliphatic rings. The molecule has 6 nitrogen and oxygen atoms in total. The van der Waals surface area contributed by atoms with Crippen LogP contribution in [0.2, 0.25) is 6.32 Å². The summed E-state index contributed by atoms with van der Waals surface area (Å²) in [5.41, 5.74) is 4.38. The predicted molar refractivity (Wildman–Crippen MR) is 102 cm³/mol. The summed E-state index contributed by atoms with van der Waals surface area (Å²) < 4.78 is 22.3. The van der Waals surface area contributed by atoms with Crippen LogP contribution in [0.5, 0.6) is 11.5 Å². The quantitative estimate of drug-likeness (QED) is 0.818. The molecule has 0 radical (unpaired) electrons. The first-order valence-electron chi connectivity index (χ1n) is 9.30. The standard InChI is InChI=1S/C20H24BNO5/c1-24-12-16-3-4-18-17(5-6-19(25-2)20(18)27-16)14-7-13(9-22-10-14)15-8-21(23)26-11-15/h5-7,9-10,15-16,23H,3-4,8,11-12H2,1-2H3/t15-,16?/m0/s1. The zero-order valence-electron chi connectivity index (χ0n) is 15.7. The summed E-state index contributed by atoms with van der Waals surface area (Å²) in [5.74, 6) is 1.71. The lowest BCUT2D eigenvalue weighted by Gasteiger charge is -2.28. The number of aromatic nitrogens is 1. The van der Waals surface area contributed by atoms with Crippen molar-refractivity contribution < 1.29 is 23.9 Å². The smallest absolute Gasteiger partial charge is 0.454 e. The van der Waals surface area contributed by atoms with Crippen molar-refractivity contribution in [3.8, 4) is 22.6 Å². The van der Waals surface area contributed by atoms with Crippen LogP contribution in [-0.4, -0.2) is 50.7 Å². The van der Waals surface area contributed by atoms with Crippen molar-refractivity contribution in [1.29, 1.82) is 0 Å². The summed E-state index contributed by atoms with van der Waals surface area (Å²) >= 11 is 0. The number of methoxy groups -OCH3 is 2. The molecule has 1 unspecified atom stereocenters. The van der Waals surface area contributed by atoms with E-state index in [0.29, 0.717) is 19.5 Å². The second-order valence-corrected chi connectivity index (χ2v) is 7.08. The molecule has 0 bridgehead atoms. The molecule has 1 fully saturated rings. The fourth-order valence-electron chi connectivity index (χ4n) is 3.92. The number of benzene rings is 1. The number of pyridine rings is 1. The van der Waals surface area contributed by atoms with Gasteiger partial charge in [-0.15, -0.1) is 0 Å². The van der Waals surface area contributed by atoms with Crippen LogP contribution in [0, 0.1) is 0 Å². The van der Waals surface area contributed by atoms with E-state index in [1.54, 1.807) is 14.2 Å². The maximum absolute atomic E-state index is 9.65. The maximum atomic E-state index is 9.65. The van der Waals surface area contributed by atoms with Crippen LogP contribution in [0.3, 0.4) is 0 Å². The van der Waals surface area contributed by atoms with Gasteiger partial charge in [0.1, 0.15) is 6.10 Å². The molecule has 0 saturated carbocycles. The molecule has 2 aliphatic heterocycles. The minimum atomic E-state index is -0.682. The Morgan fingerprint density at radius 1 is 1.30 bits per heavy atom. The Balaban J connectivity index is 1.70. The Labute approximate surface area is 159 Å². The first kappa shape index (κ1) is 18.3. The van der Waals surface area contributed by atoms with Crippen molar-refractivity contribution in [2.75, 3.05) is 27.4 Å². The van der Waals surface area contributed by atoms with Crippen molar-refractivity contribution >= 4 is 7.12 Å². The monoisotopic (exact) mass is 369 g/mol. The van der Waals surface area contributed by atoms with Gasteiger partial charge in [-0.1, -0.05) is 6.07 Å². The number of rotatable bonds is 5. The van der Waals surface area contributed by atoms with Gasteiger partial charge in [-0.05, 0) is 42.4 Å². The molecule has 2 atom stereocenters. The average Bonchev–Trinajstić information content (AvgIpc) is 3.14. The topological polar surface area (TPSA) is 70.0 Å². The van der Waals surface area contributed by atoms with Gasteiger partial charge in [0, 0.05) is 43.2 Å². The van der Waals surface area contributed by atoms with E-state index in [2.05, 4.69) is 17.1 Å².